The first-order valence-corrected chi connectivity index (χ1v) is 13.8. The summed E-state index contributed by atoms with van der Waals surface area (Å²) in [6.45, 7) is 10.9. The molecule has 1 aromatic carbocycles. The molecule has 4 heterocycles. The van der Waals surface area contributed by atoms with Gasteiger partial charge in [-0.05, 0) is 49.8 Å². The molecule has 0 atom stereocenters. The molecule has 3 aliphatic rings. The number of hydrogen-bond acceptors (Lipinski definition) is 7. The maximum Gasteiger partial charge on any atom is 0.223 e. The van der Waals surface area contributed by atoms with Crippen molar-refractivity contribution in [2.45, 2.75) is 38.6 Å². The maximum atomic E-state index is 12.8. The number of nitrogens with zero attached hydrogens (tertiary/aromatic N) is 6. The minimum absolute atomic E-state index is 0.101. The van der Waals surface area contributed by atoms with Crippen molar-refractivity contribution in [2.24, 2.45) is 5.92 Å². The van der Waals surface area contributed by atoms with E-state index in [1.165, 1.54) is 24.8 Å². The van der Waals surface area contributed by atoms with Crippen LogP contribution in [0, 0.1) is 5.92 Å². The summed E-state index contributed by atoms with van der Waals surface area (Å²) in [4.78, 5) is 22.4. The van der Waals surface area contributed by atoms with Crippen LogP contribution in [0.5, 0.6) is 0 Å². The van der Waals surface area contributed by atoms with E-state index in [1.807, 2.05) is 0 Å². The number of hydrogen-bond donors (Lipinski definition) is 1. The second-order valence-electron chi connectivity index (χ2n) is 10.5. The number of carbonyl (C=O) groups is 1. The van der Waals surface area contributed by atoms with E-state index in [-0.39, 0.29) is 11.8 Å². The Labute approximate surface area is 215 Å². The van der Waals surface area contributed by atoms with Crippen LogP contribution in [0.2, 0.25) is 0 Å². The summed E-state index contributed by atoms with van der Waals surface area (Å²) in [6.07, 6.45) is 5.55. The van der Waals surface area contributed by atoms with E-state index in [4.69, 9.17) is 0 Å². The molecule has 36 heavy (non-hydrogen) atoms. The summed E-state index contributed by atoms with van der Waals surface area (Å²) in [5.41, 5.74) is 1.38. The second-order valence-corrected chi connectivity index (χ2v) is 10.5. The molecule has 0 bridgehead atoms. The topological polar surface area (TPSA) is 67.8 Å². The van der Waals surface area contributed by atoms with Crippen LogP contribution in [-0.4, -0.2) is 91.4 Å². The predicted molar refractivity (Wildman–Crippen MR) is 144 cm³/mol. The molecule has 3 fully saturated rings. The third-order valence-electron chi connectivity index (χ3n) is 7.95. The Balaban J connectivity index is 0.976. The Bertz CT molecular complexity index is 932. The van der Waals surface area contributed by atoms with Gasteiger partial charge in [0.1, 0.15) is 0 Å². The fourth-order valence-electron chi connectivity index (χ4n) is 5.64. The van der Waals surface area contributed by atoms with Gasteiger partial charge in [-0.15, -0.1) is 10.2 Å². The first-order chi connectivity index (χ1) is 17.7. The number of carbonyl (C=O) groups excluding carboxylic acids is 1. The molecule has 1 N–H and O–H groups in total. The van der Waals surface area contributed by atoms with Crippen molar-refractivity contribution >= 4 is 17.5 Å². The Hall–Kier alpha value is -2.71. The SMILES string of the molecule is O=C(NCCN1CCN(Cc2ccccc2)CC1)C1CCN(c2ccc(N3CCCCC3)nn2)CC1. The Morgan fingerprint density at radius 1 is 0.750 bits per heavy atom. The third-order valence-corrected chi connectivity index (χ3v) is 7.95. The molecule has 1 aromatic heterocycles. The van der Waals surface area contributed by atoms with Gasteiger partial charge in [-0.25, -0.2) is 0 Å². The monoisotopic (exact) mass is 491 g/mol. The lowest BCUT2D eigenvalue weighted by Crippen LogP contribution is -2.48. The summed E-state index contributed by atoms with van der Waals surface area (Å²) in [5, 5.41) is 12.2. The number of aromatic nitrogens is 2. The molecule has 0 radical (unpaired) electrons. The van der Waals surface area contributed by atoms with Gasteiger partial charge in [-0.3, -0.25) is 14.6 Å². The smallest absolute Gasteiger partial charge is 0.223 e. The quantitative estimate of drug-likeness (QED) is 0.609. The molecule has 8 heteroatoms. The molecule has 5 rings (SSSR count). The normalized spacial score (nSPS) is 20.4. The molecule has 0 spiro atoms. The van der Waals surface area contributed by atoms with Gasteiger partial charge in [-0.1, -0.05) is 30.3 Å². The van der Waals surface area contributed by atoms with E-state index in [0.717, 1.165) is 96.5 Å². The van der Waals surface area contributed by atoms with Crippen LogP contribution >= 0.6 is 0 Å². The van der Waals surface area contributed by atoms with Crippen LogP contribution in [0.1, 0.15) is 37.7 Å². The fraction of sp³-hybridized carbons (Fsp3) is 0.607. The zero-order valence-electron chi connectivity index (χ0n) is 21.5. The van der Waals surface area contributed by atoms with Crippen molar-refractivity contribution in [1.82, 2.24) is 25.3 Å². The van der Waals surface area contributed by atoms with Crippen molar-refractivity contribution in [2.75, 3.05) is 75.2 Å². The molecular weight excluding hydrogens is 450 g/mol. The van der Waals surface area contributed by atoms with Gasteiger partial charge in [0.05, 0.1) is 0 Å². The number of rotatable bonds is 8. The van der Waals surface area contributed by atoms with Crippen molar-refractivity contribution < 1.29 is 4.79 Å². The van der Waals surface area contributed by atoms with Gasteiger partial charge in [0.15, 0.2) is 11.6 Å². The first kappa shape index (κ1) is 25.0. The summed E-state index contributed by atoms with van der Waals surface area (Å²) < 4.78 is 0. The molecule has 0 saturated carbocycles. The number of piperazine rings is 1. The van der Waals surface area contributed by atoms with Crippen molar-refractivity contribution in [1.29, 1.82) is 0 Å². The predicted octanol–water partition coefficient (Wildman–Crippen LogP) is 2.62. The van der Waals surface area contributed by atoms with Crippen LogP contribution in [0.25, 0.3) is 0 Å². The van der Waals surface area contributed by atoms with E-state index >= 15 is 0 Å². The third kappa shape index (κ3) is 6.73. The van der Waals surface area contributed by atoms with Crippen LogP contribution < -0.4 is 15.1 Å². The van der Waals surface area contributed by atoms with E-state index < -0.39 is 0 Å². The fourth-order valence-corrected chi connectivity index (χ4v) is 5.64. The number of piperidine rings is 2. The number of amides is 1. The highest BCUT2D eigenvalue weighted by molar-refractivity contribution is 5.79. The van der Waals surface area contributed by atoms with Gasteiger partial charge in [0.25, 0.3) is 0 Å². The highest BCUT2D eigenvalue weighted by Crippen LogP contribution is 2.23. The van der Waals surface area contributed by atoms with Crippen LogP contribution in [0.15, 0.2) is 42.5 Å². The largest absolute Gasteiger partial charge is 0.355 e. The molecule has 3 saturated heterocycles. The molecule has 194 valence electrons. The molecule has 3 aliphatic heterocycles. The van der Waals surface area contributed by atoms with Crippen molar-refractivity contribution in [3.63, 3.8) is 0 Å². The standard InChI is InChI=1S/C28H41N7O/c36-28(29-13-18-32-19-21-33(22-20-32)23-24-7-3-1-4-8-24)25-11-16-35(17-12-25)27-10-9-26(30-31-27)34-14-5-2-6-15-34/h1,3-4,7-10,25H,2,5-6,11-23H2,(H,29,36). The number of anilines is 2. The lowest BCUT2D eigenvalue weighted by Gasteiger charge is -2.35. The van der Waals surface area contributed by atoms with Crippen molar-refractivity contribution in [3.8, 4) is 0 Å². The van der Waals surface area contributed by atoms with Crippen LogP contribution in [0.3, 0.4) is 0 Å². The van der Waals surface area contributed by atoms with Gasteiger partial charge in [-0.2, -0.15) is 0 Å². The van der Waals surface area contributed by atoms with Gasteiger partial charge < -0.3 is 15.1 Å². The van der Waals surface area contributed by atoms with Crippen LogP contribution in [0.4, 0.5) is 11.6 Å². The van der Waals surface area contributed by atoms with Crippen molar-refractivity contribution in [3.05, 3.63) is 48.0 Å². The molecule has 0 unspecified atom stereocenters. The Morgan fingerprint density at radius 2 is 1.36 bits per heavy atom. The number of nitrogens with one attached hydrogen (secondary N) is 1. The lowest BCUT2D eigenvalue weighted by molar-refractivity contribution is -0.125. The zero-order chi connectivity index (χ0) is 24.6. The Kier molecular flexibility index (Phi) is 8.67. The molecule has 2 aromatic rings. The summed E-state index contributed by atoms with van der Waals surface area (Å²) in [7, 11) is 0. The highest BCUT2D eigenvalue weighted by atomic mass is 16.1. The molecular formula is C28H41N7O. The van der Waals surface area contributed by atoms with Gasteiger partial charge >= 0.3 is 0 Å². The molecule has 1 amide bonds. The van der Waals surface area contributed by atoms with E-state index in [0.29, 0.717) is 0 Å². The molecule has 8 nitrogen and oxygen atoms in total. The Morgan fingerprint density at radius 3 is 2.00 bits per heavy atom. The summed E-state index contributed by atoms with van der Waals surface area (Å²) >= 11 is 0. The van der Waals surface area contributed by atoms with Crippen LogP contribution in [-0.2, 0) is 11.3 Å². The zero-order valence-corrected chi connectivity index (χ0v) is 21.5. The number of benzene rings is 1. The average molecular weight is 492 g/mol. The minimum atomic E-state index is 0.101. The lowest BCUT2D eigenvalue weighted by atomic mass is 9.96. The van der Waals surface area contributed by atoms with E-state index in [2.05, 4.69) is 77.6 Å². The van der Waals surface area contributed by atoms with Gasteiger partial charge in [0.2, 0.25) is 5.91 Å². The second kappa shape index (κ2) is 12.5. The summed E-state index contributed by atoms with van der Waals surface area (Å²) in [6, 6.07) is 14.9. The minimum Gasteiger partial charge on any atom is -0.355 e. The first-order valence-electron chi connectivity index (χ1n) is 13.8. The van der Waals surface area contributed by atoms with E-state index in [9.17, 15) is 4.79 Å². The maximum absolute atomic E-state index is 12.8. The molecule has 0 aliphatic carbocycles. The highest BCUT2D eigenvalue weighted by Gasteiger charge is 2.26. The van der Waals surface area contributed by atoms with E-state index in [1.54, 1.807) is 0 Å². The summed E-state index contributed by atoms with van der Waals surface area (Å²) in [5.74, 6) is 2.24. The average Bonchev–Trinajstić information content (AvgIpc) is 2.95. The van der Waals surface area contributed by atoms with Gasteiger partial charge in [0, 0.05) is 77.9 Å².